The molecule has 2 heterocycles. The summed E-state index contributed by atoms with van der Waals surface area (Å²) in [5.41, 5.74) is 2.61. The van der Waals surface area contributed by atoms with E-state index in [1.165, 1.54) is 0 Å². The maximum Gasteiger partial charge on any atom is 0.291 e. The maximum absolute atomic E-state index is 12.4. The summed E-state index contributed by atoms with van der Waals surface area (Å²) in [5.74, 6) is 0.145. The quantitative estimate of drug-likeness (QED) is 0.856. The second kappa shape index (κ2) is 5.79. The minimum atomic E-state index is -0.258. The molecule has 0 saturated carbocycles. The number of anilines is 1. The van der Waals surface area contributed by atoms with Crippen molar-refractivity contribution in [1.82, 2.24) is 14.9 Å². The van der Waals surface area contributed by atoms with Crippen LogP contribution in [0.5, 0.6) is 0 Å². The first-order chi connectivity index (χ1) is 10.1. The maximum atomic E-state index is 12.4. The zero-order valence-electron chi connectivity index (χ0n) is 11.4. The first-order valence-electron chi connectivity index (χ1n) is 6.58. The van der Waals surface area contributed by atoms with E-state index in [0.717, 1.165) is 28.8 Å². The van der Waals surface area contributed by atoms with Crippen molar-refractivity contribution < 1.29 is 4.79 Å². The predicted molar refractivity (Wildman–Crippen MR) is 85.7 cm³/mol. The molecule has 1 amide bonds. The van der Waals surface area contributed by atoms with Crippen LogP contribution >= 0.6 is 27.5 Å². The Kier molecular flexibility index (Phi) is 4.01. The summed E-state index contributed by atoms with van der Waals surface area (Å²) in [5, 5.41) is 6.54. The molecule has 7 heteroatoms. The number of fused-ring (bicyclic) bond motifs is 1. The van der Waals surface area contributed by atoms with Gasteiger partial charge in [0.1, 0.15) is 0 Å². The molecule has 0 spiro atoms. The minimum absolute atomic E-state index is 0.258. The van der Waals surface area contributed by atoms with Crippen molar-refractivity contribution in [3.63, 3.8) is 0 Å². The molecule has 21 heavy (non-hydrogen) atoms. The Morgan fingerprint density at radius 2 is 2.33 bits per heavy atom. The number of carbonyl (C=O) groups excluding carboxylic acids is 1. The first-order valence-corrected chi connectivity index (χ1v) is 7.75. The van der Waals surface area contributed by atoms with Gasteiger partial charge in [0.25, 0.3) is 5.91 Å². The molecule has 3 rings (SSSR count). The molecule has 0 aliphatic carbocycles. The van der Waals surface area contributed by atoms with Gasteiger partial charge in [-0.05, 0) is 28.1 Å². The van der Waals surface area contributed by atoms with E-state index >= 15 is 0 Å². The molecular formula is C14H14BrClN4O. The van der Waals surface area contributed by atoms with Gasteiger partial charge in [-0.1, -0.05) is 17.7 Å². The highest BCUT2D eigenvalue weighted by molar-refractivity contribution is 9.10. The molecule has 1 aliphatic heterocycles. The second-order valence-corrected chi connectivity index (χ2v) is 6.10. The van der Waals surface area contributed by atoms with E-state index in [1.54, 1.807) is 6.07 Å². The van der Waals surface area contributed by atoms with E-state index in [-0.39, 0.29) is 5.91 Å². The number of benzene rings is 1. The largest absolute Gasteiger partial charge is 0.327 e. The number of hydrogen-bond acceptors (Lipinski definition) is 3. The number of aromatic nitrogens is 2. The molecule has 2 N–H and O–H groups in total. The average Bonchev–Trinajstić information content (AvgIpc) is 2.82. The number of halogens is 2. The van der Waals surface area contributed by atoms with Gasteiger partial charge < -0.3 is 15.2 Å². The van der Waals surface area contributed by atoms with Crippen molar-refractivity contribution in [2.24, 2.45) is 7.05 Å². The third-order valence-electron chi connectivity index (χ3n) is 3.53. The van der Waals surface area contributed by atoms with Crippen LogP contribution in [0.25, 0.3) is 0 Å². The molecule has 0 unspecified atom stereocenters. The van der Waals surface area contributed by atoms with Crippen LogP contribution in [0.15, 0.2) is 22.7 Å². The molecule has 110 valence electrons. The zero-order chi connectivity index (χ0) is 15.0. The number of nitrogens with one attached hydrogen (secondary N) is 2. The topological polar surface area (TPSA) is 59.0 Å². The summed E-state index contributed by atoms with van der Waals surface area (Å²) in [7, 11) is 1.87. The predicted octanol–water partition coefficient (Wildman–Crippen LogP) is 2.73. The number of hydrogen-bond donors (Lipinski definition) is 2. The number of carbonyl (C=O) groups is 1. The van der Waals surface area contributed by atoms with Crippen LogP contribution in [0.3, 0.4) is 0 Å². The Labute approximate surface area is 135 Å². The smallest absolute Gasteiger partial charge is 0.291 e. The van der Waals surface area contributed by atoms with Crippen LogP contribution < -0.4 is 10.6 Å². The van der Waals surface area contributed by atoms with Gasteiger partial charge in [0.05, 0.1) is 16.4 Å². The summed E-state index contributed by atoms with van der Waals surface area (Å²) < 4.78 is 2.60. The zero-order valence-corrected chi connectivity index (χ0v) is 13.8. The van der Waals surface area contributed by atoms with E-state index in [0.29, 0.717) is 23.1 Å². The average molecular weight is 370 g/mol. The van der Waals surface area contributed by atoms with Gasteiger partial charge in [-0.25, -0.2) is 4.98 Å². The Hall–Kier alpha value is -1.37. The van der Waals surface area contributed by atoms with Crippen molar-refractivity contribution in [2.75, 3.05) is 11.9 Å². The third kappa shape index (κ3) is 2.71. The summed E-state index contributed by atoms with van der Waals surface area (Å²) >= 11 is 9.51. The minimum Gasteiger partial charge on any atom is -0.327 e. The molecular weight excluding hydrogens is 356 g/mol. The lowest BCUT2D eigenvalue weighted by Gasteiger charge is -2.13. The lowest BCUT2D eigenvalue weighted by atomic mass is 10.2. The Bertz CT molecular complexity index is 713. The Morgan fingerprint density at radius 1 is 1.52 bits per heavy atom. The standard InChI is InChI=1S/C14H14BrClN4O/c1-20-11-5-6-17-7-10(11)18-13(20)14(21)19-9-4-2-3-8(15)12(9)16/h2-4,17H,5-7H2,1H3,(H,19,21). The van der Waals surface area contributed by atoms with E-state index in [1.807, 2.05) is 23.7 Å². The summed E-state index contributed by atoms with van der Waals surface area (Å²) in [6.45, 7) is 1.61. The first kappa shape index (κ1) is 14.6. The molecule has 2 aromatic rings. The van der Waals surface area contributed by atoms with Crippen LogP contribution in [0, 0.1) is 0 Å². The van der Waals surface area contributed by atoms with E-state index in [9.17, 15) is 4.79 Å². The van der Waals surface area contributed by atoms with Gasteiger partial charge in [0.2, 0.25) is 0 Å². The van der Waals surface area contributed by atoms with Gasteiger partial charge in [0, 0.05) is 36.7 Å². The number of amides is 1. The molecule has 0 fully saturated rings. The van der Waals surface area contributed by atoms with E-state index in [4.69, 9.17) is 11.6 Å². The molecule has 1 aliphatic rings. The van der Waals surface area contributed by atoms with Crippen LogP contribution in [0.1, 0.15) is 22.0 Å². The Balaban J connectivity index is 1.89. The van der Waals surface area contributed by atoms with Gasteiger partial charge >= 0.3 is 0 Å². The fourth-order valence-electron chi connectivity index (χ4n) is 2.44. The molecule has 0 radical (unpaired) electrons. The van der Waals surface area contributed by atoms with Gasteiger partial charge in [-0.3, -0.25) is 4.79 Å². The highest BCUT2D eigenvalue weighted by atomic mass is 79.9. The van der Waals surface area contributed by atoms with Crippen molar-refractivity contribution in [1.29, 1.82) is 0 Å². The van der Waals surface area contributed by atoms with Gasteiger partial charge in [-0.15, -0.1) is 0 Å². The number of rotatable bonds is 2. The van der Waals surface area contributed by atoms with Gasteiger partial charge in [-0.2, -0.15) is 0 Å². The lowest BCUT2D eigenvalue weighted by molar-refractivity contribution is 0.101. The van der Waals surface area contributed by atoms with E-state index in [2.05, 4.69) is 31.5 Å². The molecule has 0 saturated heterocycles. The number of imidazole rings is 1. The fourth-order valence-corrected chi connectivity index (χ4v) is 2.98. The summed E-state index contributed by atoms with van der Waals surface area (Å²) in [4.78, 5) is 16.9. The molecule has 0 bridgehead atoms. The van der Waals surface area contributed by atoms with Crippen molar-refractivity contribution in [3.05, 3.63) is 44.9 Å². The molecule has 1 aromatic heterocycles. The number of nitrogens with zero attached hydrogens (tertiary/aromatic N) is 2. The van der Waals surface area contributed by atoms with Crippen LogP contribution in [-0.4, -0.2) is 22.0 Å². The fraction of sp³-hybridized carbons (Fsp3) is 0.286. The highest BCUT2D eigenvalue weighted by Gasteiger charge is 2.22. The summed E-state index contributed by atoms with van der Waals surface area (Å²) in [6, 6.07) is 5.40. The van der Waals surface area contributed by atoms with Gasteiger partial charge in [0.15, 0.2) is 5.82 Å². The SMILES string of the molecule is Cn1c(C(=O)Nc2cccc(Br)c2Cl)nc2c1CCNC2. The Morgan fingerprint density at radius 3 is 3.10 bits per heavy atom. The van der Waals surface area contributed by atoms with Crippen molar-refractivity contribution in [2.45, 2.75) is 13.0 Å². The normalized spacial score (nSPS) is 13.9. The van der Waals surface area contributed by atoms with Crippen LogP contribution in [0.2, 0.25) is 5.02 Å². The molecule has 0 atom stereocenters. The third-order valence-corrected chi connectivity index (χ3v) is 4.83. The monoisotopic (exact) mass is 368 g/mol. The van der Waals surface area contributed by atoms with Crippen LogP contribution in [-0.2, 0) is 20.0 Å². The second-order valence-electron chi connectivity index (χ2n) is 4.87. The molecule has 5 nitrogen and oxygen atoms in total. The molecule has 1 aromatic carbocycles. The van der Waals surface area contributed by atoms with Crippen molar-refractivity contribution >= 4 is 39.1 Å². The lowest BCUT2D eigenvalue weighted by Crippen LogP contribution is -2.24. The van der Waals surface area contributed by atoms with E-state index < -0.39 is 0 Å². The summed E-state index contributed by atoms with van der Waals surface area (Å²) in [6.07, 6.45) is 0.879. The van der Waals surface area contributed by atoms with Crippen LogP contribution in [0.4, 0.5) is 5.69 Å². The highest BCUT2D eigenvalue weighted by Crippen LogP contribution is 2.30. The van der Waals surface area contributed by atoms with Crippen molar-refractivity contribution in [3.8, 4) is 0 Å².